The quantitative estimate of drug-likeness (QED) is 0.609. The SMILES string of the molecule is CCNc1ncc([N+](=O)[O-])c(Nc2ccc(Cl)c(Br)c2)n1. The van der Waals surface area contributed by atoms with Crippen molar-refractivity contribution in [1.29, 1.82) is 0 Å². The van der Waals surface area contributed by atoms with Gasteiger partial charge in [0.25, 0.3) is 0 Å². The van der Waals surface area contributed by atoms with E-state index >= 15 is 0 Å². The molecule has 0 aliphatic carbocycles. The predicted octanol–water partition coefficient (Wildman–Crippen LogP) is 3.98. The summed E-state index contributed by atoms with van der Waals surface area (Å²) in [7, 11) is 0. The van der Waals surface area contributed by atoms with Crippen molar-refractivity contribution < 1.29 is 4.92 Å². The first kappa shape index (κ1) is 15.5. The van der Waals surface area contributed by atoms with E-state index in [1.165, 1.54) is 0 Å². The van der Waals surface area contributed by atoms with Crippen molar-refractivity contribution in [3.8, 4) is 0 Å². The average molecular weight is 373 g/mol. The van der Waals surface area contributed by atoms with Crippen molar-refractivity contribution in [1.82, 2.24) is 9.97 Å². The van der Waals surface area contributed by atoms with Crippen molar-refractivity contribution >= 4 is 50.7 Å². The van der Waals surface area contributed by atoms with Crippen LogP contribution in [0.1, 0.15) is 6.92 Å². The summed E-state index contributed by atoms with van der Waals surface area (Å²) in [5.74, 6) is 0.429. The maximum absolute atomic E-state index is 11.0. The summed E-state index contributed by atoms with van der Waals surface area (Å²) in [4.78, 5) is 18.5. The third-order valence-electron chi connectivity index (χ3n) is 2.48. The molecule has 1 aromatic heterocycles. The zero-order valence-corrected chi connectivity index (χ0v) is 13.3. The number of nitrogens with zero attached hydrogens (tertiary/aromatic N) is 3. The van der Waals surface area contributed by atoms with Crippen LogP contribution in [0.25, 0.3) is 0 Å². The molecule has 2 rings (SSSR count). The summed E-state index contributed by atoms with van der Waals surface area (Å²) in [6.07, 6.45) is 1.16. The monoisotopic (exact) mass is 371 g/mol. The van der Waals surface area contributed by atoms with Crippen LogP contribution in [0, 0.1) is 10.1 Å². The van der Waals surface area contributed by atoms with E-state index in [-0.39, 0.29) is 11.5 Å². The normalized spacial score (nSPS) is 10.2. The Kier molecular flexibility index (Phi) is 4.92. The Morgan fingerprint density at radius 3 is 2.86 bits per heavy atom. The highest BCUT2D eigenvalue weighted by atomic mass is 79.9. The van der Waals surface area contributed by atoms with Gasteiger partial charge in [0, 0.05) is 16.7 Å². The van der Waals surface area contributed by atoms with Crippen LogP contribution < -0.4 is 10.6 Å². The Hall–Kier alpha value is -1.93. The molecule has 0 spiro atoms. The second-order valence-electron chi connectivity index (χ2n) is 3.97. The van der Waals surface area contributed by atoms with E-state index in [1.807, 2.05) is 6.92 Å². The van der Waals surface area contributed by atoms with Gasteiger partial charge >= 0.3 is 5.69 Å². The summed E-state index contributed by atoms with van der Waals surface area (Å²) in [5, 5.41) is 17.4. The van der Waals surface area contributed by atoms with Gasteiger partial charge in [0.2, 0.25) is 11.8 Å². The van der Waals surface area contributed by atoms with Gasteiger partial charge in [-0.1, -0.05) is 11.6 Å². The topological polar surface area (TPSA) is 93.0 Å². The molecule has 2 aromatic rings. The van der Waals surface area contributed by atoms with Crippen LogP contribution in [0.2, 0.25) is 5.02 Å². The zero-order valence-electron chi connectivity index (χ0n) is 10.9. The minimum Gasteiger partial charge on any atom is -0.354 e. The smallest absolute Gasteiger partial charge is 0.329 e. The molecular weight excluding hydrogens is 362 g/mol. The Morgan fingerprint density at radius 1 is 1.48 bits per heavy atom. The molecule has 0 unspecified atom stereocenters. The average Bonchev–Trinajstić information content (AvgIpc) is 2.43. The second-order valence-corrected chi connectivity index (χ2v) is 5.23. The molecule has 7 nitrogen and oxygen atoms in total. The molecule has 9 heteroatoms. The number of nitrogens with one attached hydrogen (secondary N) is 2. The van der Waals surface area contributed by atoms with E-state index in [2.05, 4.69) is 36.5 Å². The van der Waals surface area contributed by atoms with Gasteiger partial charge in [0.05, 0.1) is 9.95 Å². The summed E-state index contributed by atoms with van der Waals surface area (Å²) < 4.78 is 0.679. The fraction of sp³-hybridized carbons (Fsp3) is 0.167. The highest BCUT2D eigenvalue weighted by Gasteiger charge is 2.17. The Morgan fingerprint density at radius 2 is 2.24 bits per heavy atom. The van der Waals surface area contributed by atoms with Crippen LogP contribution in [-0.2, 0) is 0 Å². The standard InChI is InChI=1S/C12H11BrClN5O2/c1-2-15-12-16-6-10(19(20)21)11(18-12)17-7-3-4-9(14)8(13)5-7/h3-6H,2H2,1H3,(H2,15,16,17,18). The highest BCUT2D eigenvalue weighted by molar-refractivity contribution is 9.10. The lowest BCUT2D eigenvalue weighted by atomic mass is 10.3. The molecule has 0 aliphatic rings. The Labute approximate surface area is 134 Å². The number of nitro groups is 1. The minimum absolute atomic E-state index is 0.111. The molecule has 2 N–H and O–H groups in total. The molecule has 1 heterocycles. The van der Waals surface area contributed by atoms with Crippen LogP contribution in [0.3, 0.4) is 0 Å². The van der Waals surface area contributed by atoms with Gasteiger partial charge in [-0.2, -0.15) is 4.98 Å². The minimum atomic E-state index is -0.539. The van der Waals surface area contributed by atoms with E-state index in [9.17, 15) is 10.1 Å². The number of hydrogen-bond acceptors (Lipinski definition) is 6. The van der Waals surface area contributed by atoms with Gasteiger partial charge in [-0.3, -0.25) is 10.1 Å². The first-order valence-corrected chi connectivity index (χ1v) is 7.15. The van der Waals surface area contributed by atoms with Crippen molar-refractivity contribution in [3.05, 3.63) is 44.0 Å². The second kappa shape index (κ2) is 6.68. The van der Waals surface area contributed by atoms with Crippen molar-refractivity contribution in [2.45, 2.75) is 6.92 Å². The van der Waals surface area contributed by atoms with E-state index in [1.54, 1.807) is 18.2 Å². The fourth-order valence-corrected chi connectivity index (χ4v) is 2.05. The van der Waals surface area contributed by atoms with Gasteiger partial charge < -0.3 is 10.6 Å². The molecule has 0 radical (unpaired) electrons. The number of rotatable bonds is 5. The van der Waals surface area contributed by atoms with E-state index in [4.69, 9.17) is 11.6 Å². The first-order chi connectivity index (χ1) is 10.0. The maximum atomic E-state index is 11.0. The van der Waals surface area contributed by atoms with E-state index < -0.39 is 4.92 Å². The number of hydrogen-bond donors (Lipinski definition) is 2. The summed E-state index contributed by atoms with van der Waals surface area (Å²) in [6.45, 7) is 2.50. The van der Waals surface area contributed by atoms with Gasteiger partial charge in [-0.05, 0) is 41.1 Å². The van der Waals surface area contributed by atoms with Gasteiger partial charge in [0.15, 0.2) is 0 Å². The molecule has 21 heavy (non-hydrogen) atoms. The third kappa shape index (κ3) is 3.79. The van der Waals surface area contributed by atoms with Crippen LogP contribution in [0.4, 0.5) is 23.1 Å². The van der Waals surface area contributed by atoms with Crippen molar-refractivity contribution in [2.24, 2.45) is 0 Å². The molecule has 0 saturated heterocycles. The van der Waals surface area contributed by atoms with Crippen LogP contribution in [0.5, 0.6) is 0 Å². The number of anilines is 3. The lowest BCUT2D eigenvalue weighted by Gasteiger charge is -2.09. The number of aromatic nitrogens is 2. The lowest BCUT2D eigenvalue weighted by Crippen LogP contribution is -2.06. The largest absolute Gasteiger partial charge is 0.354 e. The number of benzene rings is 1. The van der Waals surface area contributed by atoms with Crippen LogP contribution in [-0.4, -0.2) is 21.4 Å². The molecule has 0 saturated carbocycles. The summed E-state index contributed by atoms with van der Waals surface area (Å²) in [5.41, 5.74) is 0.415. The summed E-state index contributed by atoms with van der Waals surface area (Å²) >= 11 is 9.21. The Bertz CT molecular complexity index is 683. The van der Waals surface area contributed by atoms with Gasteiger partial charge in [-0.15, -0.1) is 0 Å². The molecule has 0 bridgehead atoms. The third-order valence-corrected chi connectivity index (χ3v) is 3.70. The zero-order chi connectivity index (χ0) is 15.4. The van der Waals surface area contributed by atoms with Crippen molar-refractivity contribution in [2.75, 3.05) is 17.2 Å². The molecular formula is C12H11BrClN5O2. The molecule has 0 aliphatic heterocycles. The van der Waals surface area contributed by atoms with Crippen molar-refractivity contribution in [3.63, 3.8) is 0 Å². The van der Waals surface area contributed by atoms with E-state index in [0.29, 0.717) is 27.7 Å². The van der Waals surface area contributed by atoms with Gasteiger partial charge in [0.1, 0.15) is 6.20 Å². The fourth-order valence-electron chi connectivity index (χ4n) is 1.55. The molecule has 0 amide bonds. The number of halogens is 2. The molecule has 0 atom stereocenters. The first-order valence-electron chi connectivity index (χ1n) is 5.98. The Balaban J connectivity index is 2.37. The lowest BCUT2D eigenvalue weighted by molar-refractivity contribution is -0.384. The summed E-state index contributed by atoms with van der Waals surface area (Å²) in [6, 6.07) is 5.08. The van der Waals surface area contributed by atoms with Gasteiger partial charge in [-0.25, -0.2) is 4.98 Å². The predicted molar refractivity (Wildman–Crippen MR) is 85.3 cm³/mol. The van der Waals surface area contributed by atoms with Crippen LogP contribution in [0.15, 0.2) is 28.9 Å². The molecule has 110 valence electrons. The molecule has 1 aromatic carbocycles. The van der Waals surface area contributed by atoms with E-state index in [0.717, 1.165) is 6.20 Å². The molecule has 0 fully saturated rings. The highest BCUT2D eigenvalue weighted by Crippen LogP contribution is 2.30. The van der Waals surface area contributed by atoms with Crippen LogP contribution >= 0.6 is 27.5 Å². The maximum Gasteiger partial charge on any atom is 0.329 e.